The fourth-order valence-corrected chi connectivity index (χ4v) is 2.90. The summed E-state index contributed by atoms with van der Waals surface area (Å²) in [7, 11) is 4.11. The minimum absolute atomic E-state index is 0.0519. The molecule has 0 fully saturated rings. The maximum Gasteiger partial charge on any atom is 0.330 e. The van der Waals surface area contributed by atoms with Crippen molar-refractivity contribution >= 4 is 35.1 Å². The maximum absolute atomic E-state index is 13.7. The Kier molecular flexibility index (Phi) is 10.5. The van der Waals surface area contributed by atoms with Gasteiger partial charge in [-0.05, 0) is 64.1 Å². The molecule has 2 rings (SSSR count). The number of esters is 1. The minimum atomic E-state index is -1.22. The predicted octanol–water partition coefficient (Wildman–Crippen LogP) is 3.01. The van der Waals surface area contributed by atoms with E-state index in [1.165, 1.54) is 59.3 Å². The number of carbonyl (C=O) groups excluding carboxylic acids is 3. The van der Waals surface area contributed by atoms with Crippen molar-refractivity contribution in [3.63, 3.8) is 0 Å². The van der Waals surface area contributed by atoms with E-state index >= 15 is 0 Å². The third-order valence-electron chi connectivity index (χ3n) is 5.03. The van der Waals surface area contributed by atoms with Crippen LogP contribution in [-0.4, -0.2) is 61.1 Å². The number of hydrogen-bond acceptors (Lipinski definition) is 7. The third kappa shape index (κ3) is 8.44. The highest BCUT2D eigenvalue weighted by atomic mass is 19.1. The number of halogens is 2. The zero-order valence-corrected chi connectivity index (χ0v) is 21.7. The molecule has 12 heteroatoms. The molecule has 0 aliphatic rings. The van der Waals surface area contributed by atoms with Gasteiger partial charge in [-0.25, -0.2) is 18.4 Å². The Morgan fingerprint density at radius 1 is 0.757 bits per heavy atom. The molecule has 0 bridgehead atoms. The molecule has 5 N–H and O–H groups in total. The standard InChI is InChI=1S/C13H17FN2O3.C12H15FN2O3/c1-13(2,12(18)19-4)16-8-5-6-9(10(14)7-8)11(17)15-3;1-12(2,11(17)18)15-7-4-5-8(9(13)6-7)10(16)14-3/h5-7,16H,1-4H3,(H,15,17);4-6,15H,1-3H3,(H,14,16)(H,17,18). The summed E-state index contributed by atoms with van der Waals surface area (Å²) < 4.78 is 32.0. The average Bonchev–Trinajstić information content (AvgIpc) is 2.82. The van der Waals surface area contributed by atoms with Crippen LogP contribution < -0.4 is 21.3 Å². The first-order chi connectivity index (χ1) is 17.1. The maximum atomic E-state index is 13.7. The van der Waals surface area contributed by atoms with Crippen molar-refractivity contribution in [2.75, 3.05) is 31.8 Å². The monoisotopic (exact) mass is 522 g/mol. The number of anilines is 2. The number of nitrogens with one attached hydrogen (secondary N) is 4. The summed E-state index contributed by atoms with van der Waals surface area (Å²) in [5, 5.41) is 19.1. The Morgan fingerprint density at radius 2 is 1.14 bits per heavy atom. The molecule has 0 radical (unpaired) electrons. The molecule has 10 nitrogen and oxygen atoms in total. The van der Waals surface area contributed by atoms with Gasteiger partial charge in [0.25, 0.3) is 11.8 Å². The van der Waals surface area contributed by atoms with Crippen LogP contribution in [0.1, 0.15) is 48.4 Å². The lowest BCUT2D eigenvalue weighted by atomic mass is 10.0. The van der Waals surface area contributed by atoms with Crippen molar-refractivity contribution in [1.82, 2.24) is 10.6 Å². The highest BCUT2D eigenvalue weighted by Gasteiger charge is 2.29. The van der Waals surface area contributed by atoms with Crippen LogP contribution in [0.15, 0.2) is 36.4 Å². The number of carboxylic acids is 1. The van der Waals surface area contributed by atoms with E-state index in [0.29, 0.717) is 11.4 Å². The summed E-state index contributed by atoms with van der Waals surface area (Å²) in [6.45, 7) is 6.15. The average molecular weight is 523 g/mol. The van der Waals surface area contributed by atoms with Crippen LogP contribution in [0, 0.1) is 11.6 Å². The van der Waals surface area contributed by atoms with E-state index in [2.05, 4.69) is 26.0 Å². The lowest BCUT2D eigenvalue weighted by Gasteiger charge is -2.24. The van der Waals surface area contributed by atoms with Gasteiger partial charge in [0.05, 0.1) is 18.2 Å². The quantitative estimate of drug-likeness (QED) is 0.333. The Hall–Kier alpha value is -4.22. The van der Waals surface area contributed by atoms with Gasteiger partial charge in [0.1, 0.15) is 22.7 Å². The van der Waals surface area contributed by atoms with Crippen molar-refractivity contribution in [2.45, 2.75) is 38.8 Å². The van der Waals surface area contributed by atoms with Gasteiger partial charge in [0.15, 0.2) is 0 Å². The minimum Gasteiger partial charge on any atom is -0.480 e. The molecule has 0 spiro atoms. The van der Waals surface area contributed by atoms with Gasteiger partial charge in [-0.15, -0.1) is 0 Å². The van der Waals surface area contributed by atoms with Crippen LogP contribution in [0.2, 0.25) is 0 Å². The summed E-state index contributed by atoms with van der Waals surface area (Å²) in [6.07, 6.45) is 0. The van der Waals surface area contributed by atoms with Gasteiger partial charge < -0.3 is 31.1 Å². The van der Waals surface area contributed by atoms with Gasteiger partial charge in [-0.1, -0.05) is 0 Å². The number of carbonyl (C=O) groups is 4. The summed E-state index contributed by atoms with van der Waals surface area (Å²) >= 11 is 0. The zero-order valence-electron chi connectivity index (χ0n) is 21.7. The van der Waals surface area contributed by atoms with Crippen LogP contribution in [0.5, 0.6) is 0 Å². The summed E-state index contributed by atoms with van der Waals surface area (Å²) in [5.74, 6) is -3.93. The van der Waals surface area contributed by atoms with Gasteiger partial charge in [-0.2, -0.15) is 0 Å². The lowest BCUT2D eigenvalue weighted by Crippen LogP contribution is -2.41. The fraction of sp³-hybridized carbons (Fsp3) is 0.360. The Morgan fingerprint density at radius 3 is 1.43 bits per heavy atom. The molecule has 0 saturated carbocycles. The SMILES string of the molecule is CNC(=O)c1ccc(NC(C)(C)C(=O)O)cc1F.CNC(=O)c1ccc(NC(C)(C)C(=O)OC)cc1F. The largest absolute Gasteiger partial charge is 0.480 e. The second-order valence-corrected chi connectivity index (χ2v) is 8.84. The molecule has 202 valence electrons. The zero-order chi connectivity index (χ0) is 28.6. The van der Waals surface area contributed by atoms with Crippen molar-refractivity contribution in [1.29, 1.82) is 0 Å². The van der Waals surface area contributed by atoms with E-state index in [-0.39, 0.29) is 11.1 Å². The van der Waals surface area contributed by atoms with E-state index < -0.39 is 46.5 Å². The summed E-state index contributed by atoms with van der Waals surface area (Å²) in [6, 6.07) is 7.89. The van der Waals surface area contributed by atoms with Crippen LogP contribution in [0.25, 0.3) is 0 Å². The van der Waals surface area contributed by atoms with Crippen molar-refractivity contribution in [2.24, 2.45) is 0 Å². The Balaban J connectivity index is 0.000000371. The number of carboxylic acid groups (broad SMARTS) is 1. The van der Waals surface area contributed by atoms with Crippen molar-refractivity contribution < 1.29 is 37.8 Å². The van der Waals surface area contributed by atoms with Crippen LogP contribution in [0.4, 0.5) is 20.2 Å². The number of aliphatic carboxylic acids is 1. The van der Waals surface area contributed by atoms with Gasteiger partial charge in [0, 0.05) is 25.5 Å². The number of amides is 2. The van der Waals surface area contributed by atoms with E-state index in [4.69, 9.17) is 5.11 Å². The Labute approximate surface area is 213 Å². The van der Waals surface area contributed by atoms with E-state index in [9.17, 15) is 28.0 Å². The number of rotatable bonds is 8. The number of hydrogen-bond donors (Lipinski definition) is 5. The number of ether oxygens (including phenoxy) is 1. The first-order valence-corrected chi connectivity index (χ1v) is 11.0. The molecule has 0 aromatic heterocycles. The molecule has 2 amide bonds. The second-order valence-electron chi connectivity index (χ2n) is 8.84. The van der Waals surface area contributed by atoms with E-state index in [0.717, 1.165) is 12.1 Å². The van der Waals surface area contributed by atoms with Gasteiger partial charge in [0.2, 0.25) is 0 Å². The molecule has 0 aliphatic heterocycles. The van der Waals surface area contributed by atoms with E-state index in [1.807, 2.05) is 0 Å². The third-order valence-corrected chi connectivity index (χ3v) is 5.03. The van der Waals surface area contributed by atoms with Gasteiger partial charge in [-0.3, -0.25) is 9.59 Å². The normalized spacial score (nSPS) is 10.8. The molecule has 37 heavy (non-hydrogen) atoms. The molecule has 2 aromatic carbocycles. The number of methoxy groups -OCH3 is 1. The first kappa shape index (κ1) is 30.8. The molecule has 2 aromatic rings. The molecular weight excluding hydrogens is 490 g/mol. The van der Waals surface area contributed by atoms with Crippen LogP contribution in [-0.2, 0) is 14.3 Å². The molecular formula is C25H32F2N4O6. The molecule has 0 unspecified atom stereocenters. The molecule has 0 heterocycles. The predicted molar refractivity (Wildman–Crippen MR) is 135 cm³/mol. The highest BCUT2D eigenvalue weighted by molar-refractivity contribution is 5.95. The molecule has 0 saturated heterocycles. The summed E-state index contributed by atoms with van der Waals surface area (Å²) in [5.41, 5.74) is -1.66. The fourth-order valence-electron chi connectivity index (χ4n) is 2.90. The van der Waals surface area contributed by atoms with Gasteiger partial charge >= 0.3 is 11.9 Å². The molecule has 0 aliphatic carbocycles. The highest BCUT2D eigenvalue weighted by Crippen LogP contribution is 2.20. The van der Waals surface area contributed by atoms with Crippen molar-refractivity contribution in [3.8, 4) is 0 Å². The number of benzene rings is 2. The first-order valence-electron chi connectivity index (χ1n) is 11.0. The van der Waals surface area contributed by atoms with Crippen LogP contribution >= 0.6 is 0 Å². The molecule has 0 atom stereocenters. The topological polar surface area (TPSA) is 146 Å². The second kappa shape index (κ2) is 12.7. The lowest BCUT2D eigenvalue weighted by molar-refractivity contribution is -0.144. The van der Waals surface area contributed by atoms with Crippen molar-refractivity contribution in [3.05, 3.63) is 59.2 Å². The van der Waals surface area contributed by atoms with Crippen LogP contribution in [0.3, 0.4) is 0 Å². The summed E-state index contributed by atoms with van der Waals surface area (Å²) in [4.78, 5) is 45.0. The smallest absolute Gasteiger partial charge is 0.330 e. The Bertz CT molecular complexity index is 1170. The van der Waals surface area contributed by atoms with E-state index in [1.54, 1.807) is 13.8 Å².